The van der Waals surface area contributed by atoms with Crippen LogP contribution >= 0.6 is 11.6 Å². The van der Waals surface area contributed by atoms with Crippen molar-refractivity contribution in [2.75, 3.05) is 7.11 Å². The first-order chi connectivity index (χ1) is 8.10. The van der Waals surface area contributed by atoms with Gasteiger partial charge in [0.15, 0.2) is 0 Å². The molecule has 0 aliphatic heterocycles. The van der Waals surface area contributed by atoms with Crippen LogP contribution in [0.4, 0.5) is 4.39 Å². The fourth-order valence-corrected chi connectivity index (χ4v) is 1.24. The molecule has 0 aliphatic carbocycles. The van der Waals surface area contributed by atoms with Gasteiger partial charge in [0.05, 0.1) is 12.1 Å². The molecule has 0 saturated carbocycles. The molecule has 1 rings (SSSR count). The van der Waals surface area contributed by atoms with Crippen molar-refractivity contribution in [2.24, 2.45) is 5.11 Å². The van der Waals surface area contributed by atoms with E-state index in [2.05, 4.69) is 14.8 Å². The van der Waals surface area contributed by atoms with Gasteiger partial charge in [-0.1, -0.05) is 28.8 Å². The van der Waals surface area contributed by atoms with Crippen molar-refractivity contribution in [3.8, 4) is 0 Å². The highest BCUT2D eigenvalue weighted by atomic mass is 35.5. The average molecular weight is 256 g/mol. The van der Waals surface area contributed by atoms with Gasteiger partial charge in [-0.05, 0) is 23.2 Å². The molecule has 0 radical (unpaired) electrons. The van der Waals surface area contributed by atoms with Crippen molar-refractivity contribution in [2.45, 2.75) is 0 Å². The maximum atomic E-state index is 13.1. The Morgan fingerprint density at radius 2 is 2.35 bits per heavy atom. The van der Waals surface area contributed by atoms with Crippen LogP contribution in [-0.2, 0) is 9.53 Å². The van der Waals surface area contributed by atoms with E-state index in [0.29, 0.717) is 0 Å². The van der Waals surface area contributed by atoms with Crippen LogP contribution in [0, 0.1) is 5.82 Å². The monoisotopic (exact) mass is 255 g/mol. The van der Waals surface area contributed by atoms with Crippen molar-refractivity contribution >= 4 is 23.6 Å². The minimum Gasteiger partial charge on any atom is -0.466 e. The van der Waals surface area contributed by atoms with Gasteiger partial charge in [0, 0.05) is 4.91 Å². The minimum atomic E-state index is -0.830. The van der Waals surface area contributed by atoms with Gasteiger partial charge in [-0.15, -0.1) is 0 Å². The Balaban J connectivity index is 3.26. The highest BCUT2D eigenvalue weighted by Crippen LogP contribution is 2.22. The maximum absolute atomic E-state index is 13.1. The number of esters is 1. The molecule has 88 valence electrons. The molecule has 0 aliphatic rings. The molecule has 5 nitrogen and oxygen atoms in total. The Bertz CT molecular complexity index is 524. The largest absolute Gasteiger partial charge is 0.466 e. The summed E-state index contributed by atoms with van der Waals surface area (Å²) in [5.74, 6) is -1.46. The zero-order chi connectivity index (χ0) is 12.8. The Kier molecular flexibility index (Phi) is 4.51. The number of hydrogen-bond donors (Lipinski definition) is 0. The van der Waals surface area contributed by atoms with Gasteiger partial charge in [0.2, 0.25) is 0 Å². The van der Waals surface area contributed by atoms with Crippen molar-refractivity contribution in [3.05, 3.63) is 50.7 Å². The normalized spacial score (nSPS) is 10.6. The van der Waals surface area contributed by atoms with E-state index in [4.69, 9.17) is 17.1 Å². The summed E-state index contributed by atoms with van der Waals surface area (Å²) in [4.78, 5) is 13.7. The van der Waals surface area contributed by atoms with Crippen LogP contribution in [0.15, 0.2) is 29.0 Å². The lowest BCUT2D eigenvalue weighted by atomic mass is 10.2. The summed E-state index contributed by atoms with van der Waals surface area (Å²) in [6.45, 7) is 0. The summed E-state index contributed by atoms with van der Waals surface area (Å²) in [5, 5.41) is 2.98. The van der Waals surface area contributed by atoms with Crippen LogP contribution in [0.25, 0.3) is 16.5 Å². The molecule has 7 heteroatoms. The molecule has 0 aromatic heterocycles. The summed E-state index contributed by atoms with van der Waals surface area (Å²) < 4.78 is 17.5. The smallest absolute Gasteiger partial charge is 0.340 e. The van der Waals surface area contributed by atoms with Crippen LogP contribution < -0.4 is 0 Å². The molecule has 0 N–H and O–H groups in total. The molecule has 1 aromatic carbocycles. The van der Waals surface area contributed by atoms with E-state index < -0.39 is 11.8 Å². The van der Waals surface area contributed by atoms with Crippen LogP contribution in [0.1, 0.15) is 5.56 Å². The molecule has 0 saturated heterocycles. The van der Waals surface area contributed by atoms with Crippen LogP contribution in [0.2, 0.25) is 5.02 Å². The fourth-order valence-electron chi connectivity index (χ4n) is 1.06. The van der Waals surface area contributed by atoms with Gasteiger partial charge < -0.3 is 4.74 Å². The number of azide groups is 1. The third-order valence-electron chi connectivity index (χ3n) is 1.82. The summed E-state index contributed by atoms with van der Waals surface area (Å²) >= 11 is 5.68. The number of methoxy groups -OCH3 is 1. The van der Waals surface area contributed by atoms with Gasteiger partial charge in [0.25, 0.3) is 0 Å². The second-order valence-electron chi connectivity index (χ2n) is 2.85. The van der Waals surface area contributed by atoms with Gasteiger partial charge in [-0.25, -0.2) is 9.18 Å². The van der Waals surface area contributed by atoms with Crippen molar-refractivity contribution in [3.63, 3.8) is 0 Å². The highest BCUT2D eigenvalue weighted by Gasteiger charge is 2.10. The van der Waals surface area contributed by atoms with E-state index in [1.165, 1.54) is 18.2 Å². The Morgan fingerprint density at radius 1 is 1.65 bits per heavy atom. The predicted molar refractivity (Wildman–Crippen MR) is 60.5 cm³/mol. The number of carbonyl (C=O) groups excluding carboxylic acids is 1. The lowest BCUT2D eigenvalue weighted by Crippen LogP contribution is -2.02. The zero-order valence-electron chi connectivity index (χ0n) is 8.72. The van der Waals surface area contributed by atoms with Gasteiger partial charge >= 0.3 is 5.97 Å². The van der Waals surface area contributed by atoms with E-state index in [-0.39, 0.29) is 16.3 Å². The summed E-state index contributed by atoms with van der Waals surface area (Å²) in [6.07, 6.45) is 1.15. The first kappa shape index (κ1) is 13.0. The summed E-state index contributed by atoms with van der Waals surface area (Å²) in [7, 11) is 1.14. The number of carbonyl (C=O) groups is 1. The third-order valence-corrected chi connectivity index (χ3v) is 2.22. The molecule has 0 heterocycles. The van der Waals surface area contributed by atoms with E-state index in [0.717, 1.165) is 13.2 Å². The number of ether oxygens (including phenoxy) is 1. The lowest BCUT2D eigenvalue weighted by molar-refractivity contribution is -0.136. The number of nitrogens with zero attached hydrogens (tertiary/aromatic N) is 3. The topological polar surface area (TPSA) is 75.1 Å². The highest BCUT2D eigenvalue weighted by molar-refractivity contribution is 6.32. The molecule has 0 atom stereocenters. The molecule has 0 fully saturated rings. The van der Waals surface area contributed by atoms with Crippen LogP contribution in [0.5, 0.6) is 0 Å². The first-order valence-electron chi connectivity index (χ1n) is 4.39. The molecule has 0 spiro atoms. The number of rotatable bonds is 3. The van der Waals surface area contributed by atoms with Gasteiger partial charge in [-0.3, -0.25) is 0 Å². The summed E-state index contributed by atoms with van der Waals surface area (Å²) in [5.41, 5.74) is 8.20. The molecule has 17 heavy (non-hydrogen) atoms. The summed E-state index contributed by atoms with van der Waals surface area (Å²) in [6, 6.07) is 4.06. The molecule has 0 amide bonds. The number of hydrogen-bond acceptors (Lipinski definition) is 3. The SMILES string of the molecule is COC(=O)/C(=C/c1cccc(F)c1Cl)N=[N+]=[N-]. The zero-order valence-corrected chi connectivity index (χ0v) is 9.48. The third kappa shape index (κ3) is 3.21. The minimum absolute atomic E-state index is 0.165. The van der Waals surface area contributed by atoms with Gasteiger partial charge in [0.1, 0.15) is 11.5 Å². The van der Waals surface area contributed by atoms with E-state index in [1.54, 1.807) is 0 Å². The number of benzene rings is 1. The quantitative estimate of drug-likeness (QED) is 0.273. The van der Waals surface area contributed by atoms with E-state index in [1.807, 2.05) is 0 Å². The van der Waals surface area contributed by atoms with Crippen molar-refractivity contribution < 1.29 is 13.9 Å². The second kappa shape index (κ2) is 5.89. The molecule has 0 unspecified atom stereocenters. The van der Waals surface area contributed by atoms with E-state index >= 15 is 0 Å². The Morgan fingerprint density at radius 3 is 2.94 bits per heavy atom. The van der Waals surface area contributed by atoms with E-state index in [9.17, 15) is 9.18 Å². The predicted octanol–water partition coefficient (Wildman–Crippen LogP) is 3.30. The molecule has 1 aromatic rings. The number of halogens is 2. The fraction of sp³-hybridized carbons (Fsp3) is 0.100. The lowest BCUT2D eigenvalue weighted by Gasteiger charge is -2.01. The average Bonchev–Trinajstić information content (AvgIpc) is 2.33. The Labute approximate surface area is 101 Å². The second-order valence-corrected chi connectivity index (χ2v) is 3.23. The van der Waals surface area contributed by atoms with Crippen LogP contribution in [-0.4, -0.2) is 13.1 Å². The standard InChI is InChI=1S/C10H7ClFN3O2/c1-17-10(16)8(14-15-13)5-6-3-2-4-7(12)9(6)11/h2-5H,1H3/b8-5-. The first-order valence-corrected chi connectivity index (χ1v) is 4.77. The van der Waals surface area contributed by atoms with Crippen molar-refractivity contribution in [1.29, 1.82) is 0 Å². The molecular formula is C10H7ClFN3O2. The molecular weight excluding hydrogens is 249 g/mol. The Hall–Kier alpha value is -2.04. The molecule has 0 bridgehead atoms. The van der Waals surface area contributed by atoms with Crippen molar-refractivity contribution in [1.82, 2.24) is 0 Å². The van der Waals surface area contributed by atoms with Gasteiger partial charge in [-0.2, -0.15) is 0 Å². The maximum Gasteiger partial charge on any atom is 0.340 e. The van der Waals surface area contributed by atoms with Crippen LogP contribution in [0.3, 0.4) is 0 Å².